The van der Waals surface area contributed by atoms with E-state index < -0.39 is 11.7 Å². The van der Waals surface area contributed by atoms with Crippen molar-refractivity contribution in [3.63, 3.8) is 0 Å². The Kier molecular flexibility index (Phi) is 6.22. The number of thiophene rings is 1. The van der Waals surface area contributed by atoms with Gasteiger partial charge < -0.3 is 9.80 Å². The number of hydrogen-bond donors (Lipinski definition) is 0. The van der Waals surface area contributed by atoms with Gasteiger partial charge >= 0.3 is 6.18 Å². The van der Waals surface area contributed by atoms with E-state index in [9.17, 15) is 22.8 Å². The Balaban J connectivity index is 1.55. The van der Waals surface area contributed by atoms with Gasteiger partial charge in [0.2, 0.25) is 5.91 Å². The summed E-state index contributed by atoms with van der Waals surface area (Å²) < 4.78 is 40.9. The van der Waals surface area contributed by atoms with Crippen LogP contribution in [0.15, 0.2) is 30.3 Å². The van der Waals surface area contributed by atoms with Gasteiger partial charge in [0.25, 0.3) is 5.91 Å². The van der Waals surface area contributed by atoms with Gasteiger partial charge in [0.15, 0.2) is 0 Å². The first-order chi connectivity index (χ1) is 15.5. The van der Waals surface area contributed by atoms with Crippen LogP contribution in [0.5, 0.6) is 0 Å². The molecule has 3 aromatic rings. The first-order valence-corrected chi connectivity index (χ1v) is 11.6. The standard InChI is InChI=1S/C23H25F3N4O2S/c1-14(2)11-20(31)28-7-9-29(10-8-28)21(32)19-13-18-15(3)27-30(22(18)33-19)17-6-4-5-16(12-17)23(24,25)26/h4-6,12-14H,7-11H2,1-3H3. The molecule has 0 radical (unpaired) electrons. The molecule has 0 spiro atoms. The number of halogens is 3. The number of amides is 2. The highest BCUT2D eigenvalue weighted by Crippen LogP contribution is 2.34. The molecule has 0 unspecified atom stereocenters. The molecule has 2 aromatic heterocycles. The second-order valence-electron chi connectivity index (χ2n) is 8.65. The average molecular weight is 479 g/mol. The molecule has 0 N–H and O–H groups in total. The molecule has 176 valence electrons. The third-order valence-electron chi connectivity index (χ3n) is 5.68. The zero-order valence-electron chi connectivity index (χ0n) is 18.6. The van der Waals surface area contributed by atoms with E-state index in [2.05, 4.69) is 5.10 Å². The summed E-state index contributed by atoms with van der Waals surface area (Å²) in [6.45, 7) is 7.68. The zero-order valence-corrected chi connectivity index (χ0v) is 19.5. The molecule has 1 aromatic carbocycles. The molecular formula is C23H25F3N4O2S. The minimum Gasteiger partial charge on any atom is -0.339 e. The van der Waals surface area contributed by atoms with Gasteiger partial charge in [-0.3, -0.25) is 9.59 Å². The zero-order chi connectivity index (χ0) is 23.9. The highest BCUT2D eigenvalue weighted by Gasteiger charge is 2.31. The maximum Gasteiger partial charge on any atom is 0.416 e. The summed E-state index contributed by atoms with van der Waals surface area (Å²) in [6, 6.07) is 6.74. The predicted octanol–water partition coefficient (Wildman–Crippen LogP) is 4.74. The summed E-state index contributed by atoms with van der Waals surface area (Å²) in [5.41, 5.74) is 0.182. The second kappa shape index (κ2) is 8.81. The molecule has 0 saturated carbocycles. The molecule has 6 nitrogen and oxygen atoms in total. The molecule has 10 heteroatoms. The molecule has 33 heavy (non-hydrogen) atoms. The smallest absolute Gasteiger partial charge is 0.339 e. The molecule has 0 bridgehead atoms. The topological polar surface area (TPSA) is 58.4 Å². The Morgan fingerprint density at radius 1 is 1.09 bits per heavy atom. The number of aryl methyl sites for hydroxylation is 1. The number of rotatable bonds is 4. The first kappa shape index (κ1) is 23.3. The van der Waals surface area contributed by atoms with Gasteiger partial charge in [-0.05, 0) is 37.1 Å². The number of piperazine rings is 1. The SMILES string of the molecule is Cc1nn(-c2cccc(C(F)(F)F)c2)c2sc(C(=O)N3CCN(C(=O)CC(C)C)CC3)cc12. The van der Waals surface area contributed by atoms with Crippen molar-refractivity contribution in [2.75, 3.05) is 26.2 Å². The maximum absolute atomic E-state index is 13.2. The van der Waals surface area contributed by atoms with Crippen LogP contribution in [-0.4, -0.2) is 57.6 Å². The third kappa shape index (κ3) is 4.75. The van der Waals surface area contributed by atoms with Crippen LogP contribution in [0.25, 0.3) is 15.9 Å². The van der Waals surface area contributed by atoms with Crippen molar-refractivity contribution < 1.29 is 22.8 Å². The van der Waals surface area contributed by atoms with Crippen molar-refractivity contribution in [3.05, 3.63) is 46.5 Å². The van der Waals surface area contributed by atoms with Gasteiger partial charge in [-0.25, -0.2) is 4.68 Å². The molecular weight excluding hydrogens is 453 g/mol. The van der Waals surface area contributed by atoms with Gasteiger partial charge in [0.05, 0.1) is 21.8 Å². The summed E-state index contributed by atoms with van der Waals surface area (Å²) in [5, 5.41) is 5.14. The number of carbonyl (C=O) groups is 2. The van der Waals surface area contributed by atoms with Crippen molar-refractivity contribution in [3.8, 4) is 5.69 Å². The molecule has 1 aliphatic rings. The summed E-state index contributed by atoms with van der Waals surface area (Å²) >= 11 is 1.22. The highest BCUT2D eigenvalue weighted by molar-refractivity contribution is 7.20. The molecule has 1 saturated heterocycles. The van der Waals surface area contributed by atoms with Crippen molar-refractivity contribution >= 4 is 33.4 Å². The van der Waals surface area contributed by atoms with Crippen molar-refractivity contribution in [2.45, 2.75) is 33.4 Å². The lowest BCUT2D eigenvalue weighted by molar-refractivity contribution is -0.137. The number of carbonyl (C=O) groups excluding carboxylic acids is 2. The van der Waals surface area contributed by atoms with Crippen molar-refractivity contribution in [1.29, 1.82) is 0 Å². The quantitative estimate of drug-likeness (QED) is 0.544. The molecule has 1 fully saturated rings. The average Bonchev–Trinajstić information content (AvgIpc) is 3.33. The normalized spacial score (nSPS) is 15.0. The minimum atomic E-state index is -4.45. The third-order valence-corrected chi connectivity index (χ3v) is 6.77. The van der Waals surface area contributed by atoms with E-state index >= 15 is 0 Å². The molecule has 0 aliphatic carbocycles. The number of nitrogens with zero attached hydrogens (tertiary/aromatic N) is 4. The largest absolute Gasteiger partial charge is 0.416 e. The van der Waals surface area contributed by atoms with Gasteiger partial charge in [0, 0.05) is 38.0 Å². The number of fused-ring (bicyclic) bond motifs is 1. The van der Waals surface area contributed by atoms with Gasteiger partial charge in [-0.15, -0.1) is 11.3 Å². The lowest BCUT2D eigenvalue weighted by Crippen LogP contribution is -2.50. The fourth-order valence-corrected chi connectivity index (χ4v) is 5.09. The predicted molar refractivity (Wildman–Crippen MR) is 121 cm³/mol. The Bertz CT molecular complexity index is 1190. The Hall–Kier alpha value is -2.88. The van der Waals surface area contributed by atoms with E-state index in [0.717, 1.165) is 17.5 Å². The highest BCUT2D eigenvalue weighted by atomic mass is 32.1. The van der Waals surface area contributed by atoms with Crippen LogP contribution in [0.1, 0.15) is 41.2 Å². The molecule has 4 rings (SSSR count). The second-order valence-corrected chi connectivity index (χ2v) is 9.68. The van der Waals surface area contributed by atoms with Gasteiger partial charge in [-0.2, -0.15) is 18.3 Å². The Morgan fingerprint density at radius 2 is 1.76 bits per heavy atom. The van der Waals surface area contributed by atoms with Crippen LogP contribution >= 0.6 is 11.3 Å². The lowest BCUT2D eigenvalue weighted by Gasteiger charge is -2.35. The van der Waals surface area contributed by atoms with Crippen LogP contribution in [-0.2, 0) is 11.0 Å². The first-order valence-electron chi connectivity index (χ1n) is 10.8. The Morgan fingerprint density at radius 3 is 2.39 bits per heavy atom. The summed E-state index contributed by atoms with van der Waals surface area (Å²) in [4.78, 5) is 30.1. The van der Waals surface area contributed by atoms with E-state index in [-0.39, 0.29) is 17.7 Å². The van der Waals surface area contributed by atoms with E-state index in [1.165, 1.54) is 22.1 Å². The monoisotopic (exact) mass is 478 g/mol. The number of aromatic nitrogens is 2. The number of hydrogen-bond acceptors (Lipinski definition) is 4. The van der Waals surface area contributed by atoms with E-state index in [0.29, 0.717) is 53.7 Å². The van der Waals surface area contributed by atoms with E-state index in [4.69, 9.17) is 0 Å². The van der Waals surface area contributed by atoms with E-state index in [1.807, 2.05) is 13.8 Å². The van der Waals surface area contributed by atoms with E-state index in [1.54, 1.807) is 28.9 Å². The van der Waals surface area contributed by atoms with Crippen LogP contribution in [0, 0.1) is 12.8 Å². The summed E-state index contributed by atoms with van der Waals surface area (Å²) in [6.07, 6.45) is -3.96. The molecule has 1 aliphatic heterocycles. The van der Waals surface area contributed by atoms with Crippen LogP contribution in [0.3, 0.4) is 0 Å². The van der Waals surface area contributed by atoms with Crippen molar-refractivity contribution in [1.82, 2.24) is 19.6 Å². The van der Waals surface area contributed by atoms with Crippen LogP contribution < -0.4 is 0 Å². The molecule has 0 atom stereocenters. The number of alkyl halides is 3. The lowest BCUT2D eigenvalue weighted by atomic mass is 10.1. The van der Waals surface area contributed by atoms with Gasteiger partial charge in [-0.1, -0.05) is 19.9 Å². The van der Waals surface area contributed by atoms with Crippen LogP contribution in [0.2, 0.25) is 0 Å². The maximum atomic E-state index is 13.2. The van der Waals surface area contributed by atoms with Gasteiger partial charge in [0.1, 0.15) is 4.83 Å². The fraction of sp³-hybridized carbons (Fsp3) is 0.435. The minimum absolute atomic E-state index is 0.107. The molecule has 2 amide bonds. The fourth-order valence-electron chi connectivity index (χ4n) is 3.93. The van der Waals surface area contributed by atoms with Crippen LogP contribution in [0.4, 0.5) is 13.2 Å². The number of benzene rings is 1. The Labute approximate surface area is 193 Å². The summed E-state index contributed by atoms with van der Waals surface area (Å²) in [5.74, 6) is 0.258. The van der Waals surface area contributed by atoms with Crippen molar-refractivity contribution in [2.24, 2.45) is 5.92 Å². The molecule has 3 heterocycles. The summed E-state index contributed by atoms with van der Waals surface area (Å²) in [7, 11) is 0.